The summed E-state index contributed by atoms with van der Waals surface area (Å²) in [6.45, 7) is 11.0. The Morgan fingerprint density at radius 2 is 1.65 bits per heavy atom. The summed E-state index contributed by atoms with van der Waals surface area (Å²) in [6, 6.07) is 14.7. The number of allylic oxidation sites excluding steroid dienone is 2. The fourth-order valence-corrected chi connectivity index (χ4v) is 5.42. The van der Waals surface area contributed by atoms with Gasteiger partial charge in [0.15, 0.2) is 17.3 Å². The van der Waals surface area contributed by atoms with Crippen molar-refractivity contribution in [2.75, 3.05) is 46.1 Å². The number of carbonyl (C=O) groups excluding carboxylic acids is 1. The summed E-state index contributed by atoms with van der Waals surface area (Å²) in [5.41, 5.74) is 4.26. The number of ether oxygens (including phenoxy) is 3. The normalized spacial score (nSPS) is 21.9. The van der Waals surface area contributed by atoms with Gasteiger partial charge in [-0.15, -0.1) is 0 Å². The summed E-state index contributed by atoms with van der Waals surface area (Å²) in [5.74, 6) is 1.50. The summed E-state index contributed by atoms with van der Waals surface area (Å²) < 4.78 is 17.1. The number of fused-ring (bicyclic) bond motifs is 1. The Balaban J connectivity index is 1.38. The van der Waals surface area contributed by atoms with Crippen molar-refractivity contribution in [2.45, 2.75) is 33.4 Å². The van der Waals surface area contributed by atoms with Gasteiger partial charge >= 0.3 is 0 Å². The number of nitrogens with zero attached hydrogens (tertiary/aromatic N) is 3. The number of ketones is 1. The molecular formula is C30H37N3O4. The molecule has 1 aliphatic carbocycles. The maximum absolute atomic E-state index is 13.0. The molecule has 7 nitrogen and oxygen atoms in total. The topological polar surface area (TPSA) is 63.6 Å². The quantitative estimate of drug-likeness (QED) is 0.509. The second-order valence-corrected chi connectivity index (χ2v) is 9.84. The van der Waals surface area contributed by atoms with Crippen LogP contribution in [0.15, 0.2) is 59.7 Å². The molecule has 2 aromatic carbocycles. The Kier molecular flexibility index (Phi) is 8.21. The molecule has 7 heteroatoms. The molecule has 0 aromatic heterocycles. The van der Waals surface area contributed by atoms with Crippen LogP contribution in [0.2, 0.25) is 0 Å². The van der Waals surface area contributed by atoms with Gasteiger partial charge in [0.2, 0.25) is 0 Å². The van der Waals surface area contributed by atoms with Crippen LogP contribution < -0.4 is 9.47 Å². The minimum absolute atomic E-state index is 0.133. The van der Waals surface area contributed by atoms with Gasteiger partial charge in [0.25, 0.3) is 0 Å². The van der Waals surface area contributed by atoms with Crippen LogP contribution in [-0.4, -0.2) is 67.5 Å². The second-order valence-electron chi connectivity index (χ2n) is 9.84. The zero-order valence-electron chi connectivity index (χ0n) is 21.9. The molecule has 0 amide bonds. The highest BCUT2D eigenvalue weighted by molar-refractivity contribution is 6.17. The van der Waals surface area contributed by atoms with Crippen molar-refractivity contribution in [3.8, 4) is 11.5 Å². The van der Waals surface area contributed by atoms with Crippen molar-refractivity contribution in [1.82, 2.24) is 9.91 Å². The molecule has 1 fully saturated rings. The minimum Gasteiger partial charge on any atom is -0.490 e. The molecule has 2 aromatic rings. The van der Waals surface area contributed by atoms with E-state index in [2.05, 4.69) is 34.2 Å². The van der Waals surface area contributed by atoms with Gasteiger partial charge in [-0.25, -0.2) is 0 Å². The number of morpholine rings is 1. The van der Waals surface area contributed by atoms with Crippen LogP contribution >= 0.6 is 0 Å². The number of rotatable bonds is 9. The van der Waals surface area contributed by atoms with Gasteiger partial charge in [-0.2, -0.15) is 5.10 Å². The predicted octanol–water partition coefficient (Wildman–Crippen LogP) is 4.30. The summed E-state index contributed by atoms with van der Waals surface area (Å²) in [7, 11) is 0. The summed E-state index contributed by atoms with van der Waals surface area (Å²) in [5, 5.41) is 7.17. The van der Waals surface area contributed by atoms with E-state index in [1.807, 2.05) is 38.1 Å². The molecule has 0 N–H and O–H groups in total. The maximum Gasteiger partial charge on any atom is 0.164 e. The standard InChI is InChI=1S/C30H37N3O4/c1-3-36-27-13-12-24(18-28(27)37-4-2)30-29-25(6-5-7-26(29)34)21-33(31-30)20-23-10-8-22(9-11-23)19-32-14-16-35-17-15-32/h5,7-13,18,25,29H,3-4,6,14-17,19-21H2,1-2H3. The van der Waals surface area contributed by atoms with E-state index in [9.17, 15) is 4.79 Å². The summed E-state index contributed by atoms with van der Waals surface area (Å²) >= 11 is 0. The van der Waals surface area contributed by atoms with E-state index in [4.69, 9.17) is 19.3 Å². The number of hydrogen-bond donors (Lipinski definition) is 0. The Labute approximate surface area is 219 Å². The van der Waals surface area contributed by atoms with Gasteiger partial charge in [-0.05, 0) is 61.6 Å². The van der Waals surface area contributed by atoms with Gasteiger partial charge in [0.05, 0.1) is 44.6 Å². The van der Waals surface area contributed by atoms with Crippen molar-refractivity contribution < 1.29 is 19.0 Å². The lowest BCUT2D eigenvalue weighted by atomic mass is 9.76. The Morgan fingerprint density at radius 1 is 0.946 bits per heavy atom. The van der Waals surface area contributed by atoms with Crippen LogP contribution in [0, 0.1) is 11.8 Å². The molecule has 0 saturated carbocycles. The first-order valence-corrected chi connectivity index (χ1v) is 13.5. The maximum atomic E-state index is 13.0. The highest BCUT2D eigenvalue weighted by atomic mass is 16.5. The first-order chi connectivity index (χ1) is 18.1. The molecule has 37 heavy (non-hydrogen) atoms. The minimum atomic E-state index is -0.232. The lowest BCUT2D eigenvalue weighted by molar-refractivity contribution is -0.118. The van der Waals surface area contributed by atoms with E-state index in [0.717, 1.165) is 57.1 Å². The third-order valence-electron chi connectivity index (χ3n) is 7.22. The smallest absolute Gasteiger partial charge is 0.164 e. The van der Waals surface area contributed by atoms with Crippen LogP contribution in [-0.2, 0) is 22.6 Å². The van der Waals surface area contributed by atoms with Crippen LogP contribution in [0.4, 0.5) is 0 Å². The Morgan fingerprint density at radius 3 is 2.38 bits per heavy atom. The number of hydrogen-bond acceptors (Lipinski definition) is 7. The van der Waals surface area contributed by atoms with E-state index in [1.165, 1.54) is 11.1 Å². The molecule has 196 valence electrons. The van der Waals surface area contributed by atoms with E-state index in [1.54, 1.807) is 6.08 Å². The first kappa shape index (κ1) is 25.5. The van der Waals surface area contributed by atoms with E-state index < -0.39 is 0 Å². The third-order valence-corrected chi connectivity index (χ3v) is 7.22. The molecule has 5 rings (SSSR count). The van der Waals surface area contributed by atoms with Crippen LogP contribution in [0.1, 0.15) is 37.0 Å². The Bertz CT molecular complexity index is 1140. The summed E-state index contributed by atoms with van der Waals surface area (Å²) in [4.78, 5) is 15.4. The van der Waals surface area contributed by atoms with Crippen molar-refractivity contribution >= 4 is 11.5 Å². The van der Waals surface area contributed by atoms with Crippen LogP contribution in [0.3, 0.4) is 0 Å². The second kappa shape index (κ2) is 11.9. The molecule has 2 aliphatic heterocycles. The van der Waals surface area contributed by atoms with Gasteiger partial charge in [-0.1, -0.05) is 30.3 Å². The van der Waals surface area contributed by atoms with Gasteiger partial charge in [0, 0.05) is 31.7 Å². The average molecular weight is 504 g/mol. The molecule has 0 radical (unpaired) electrons. The Hall–Kier alpha value is -3.16. The molecule has 2 unspecified atom stereocenters. The third kappa shape index (κ3) is 6.05. The molecular weight excluding hydrogens is 466 g/mol. The van der Waals surface area contributed by atoms with Crippen molar-refractivity contribution in [3.63, 3.8) is 0 Å². The number of benzene rings is 2. The number of hydrazone groups is 1. The van der Waals surface area contributed by atoms with Crippen molar-refractivity contribution in [2.24, 2.45) is 16.9 Å². The van der Waals surface area contributed by atoms with Crippen molar-refractivity contribution in [3.05, 3.63) is 71.3 Å². The molecule has 0 spiro atoms. The monoisotopic (exact) mass is 503 g/mol. The van der Waals surface area contributed by atoms with E-state index in [0.29, 0.717) is 31.3 Å². The van der Waals surface area contributed by atoms with Crippen LogP contribution in [0.5, 0.6) is 11.5 Å². The lowest BCUT2D eigenvalue weighted by Crippen LogP contribution is -2.44. The highest BCUT2D eigenvalue weighted by Gasteiger charge is 2.38. The molecule has 0 bridgehead atoms. The van der Waals surface area contributed by atoms with E-state index in [-0.39, 0.29) is 17.6 Å². The fourth-order valence-electron chi connectivity index (χ4n) is 5.42. The average Bonchev–Trinajstić information content (AvgIpc) is 2.91. The fraction of sp³-hybridized carbons (Fsp3) is 0.467. The van der Waals surface area contributed by atoms with Gasteiger partial charge in [-0.3, -0.25) is 14.7 Å². The zero-order chi connectivity index (χ0) is 25.6. The van der Waals surface area contributed by atoms with E-state index >= 15 is 0 Å². The lowest BCUT2D eigenvalue weighted by Gasteiger charge is -2.38. The van der Waals surface area contributed by atoms with Gasteiger partial charge < -0.3 is 14.2 Å². The highest BCUT2D eigenvalue weighted by Crippen LogP contribution is 2.35. The molecule has 3 aliphatic rings. The van der Waals surface area contributed by atoms with Crippen LogP contribution in [0.25, 0.3) is 0 Å². The van der Waals surface area contributed by atoms with Gasteiger partial charge in [0.1, 0.15) is 0 Å². The number of carbonyl (C=O) groups is 1. The predicted molar refractivity (Wildman–Crippen MR) is 144 cm³/mol. The molecule has 2 heterocycles. The zero-order valence-corrected chi connectivity index (χ0v) is 21.9. The van der Waals surface area contributed by atoms with Crippen molar-refractivity contribution in [1.29, 1.82) is 0 Å². The molecule has 1 saturated heterocycles. The summed E-state index contributed by atoms with van der Waals surface area (Å²) in [6.07, 6.45) is 4.60. The largest absolute Gasteiger partial charge is 0.490 e. The SMILES string of the molecule is CCOc1ccc(C2=NN(Cc3ccc(CN4CCOCC4)cc3)CC3CC=CC(=O)C23)cc1OCC. The first-order valence-electron chi connectivity index (χ1n) is 13.5. The molecule has 2 atom stereocenters.